The summed E-state index contributed by atoms with van der Waals surface area (Å²) < 4.78 is 38.0. The van der Waals surface area contributed by atoms with Crippen LogP contribution in [0, 0.1) is 11.8 Å². The SMILES string of the molecule is COc1cc2c(cc1OC)C(=O)C(CC1CCN(Cc3ccccc3)CC1)C2.CS(=O)(=O)[O-]. The van der Waals surface area contributed by atoms with E-state index in [9.17, 15) is 4.79 Å². The van der Waals surface area contributed by atoms with Crippen molar-refractivity contribution in [3.63, 3.8) is 0 Å². The first-order valence-electron chi connectivity index (χ1n) is 11.1. The van der Waals surface area contributed by atoms with Crippen LogP contribution in [-0.4, -0.2) is 57.2 Å². The van der Waals surface area contributed by atoms with E-state index in [2.05, 4.69) is 35.2 Å². The summed E-state index contributed by atoms with van der Waals surface area (Å²) in [5.74, 6) is 2.38. The van der Waals surface area contributed by atoms with Crippen LogP contribution < -0.4 is 9.47 Å². The maximum atomic E-state index is 12.9. The van der Waals surface area contributed by atoms with Crippen LogP contribution in [0.25, 0.3) is 0 Å². The lowest BCUT2D eigenvalue weighted by Crippen LogP contribution is -2.34. The van der Waals surface area contributed by atoms with Crippen molar-refractivity contribution in [3.8, 4) is 11.5 Å². The summed E-state index contributed by atoms with van der Waals surface area (Å²) in [5.41, 5.74) is 3.31. The number of carbonyl (C=O) groups is 1. The molecule has 1 saturated heterocycles. The highest BCUT2D eigenvalue weighted by Crippen LogP contribution is 2.39. The standard InChI is InChI=1S/C24H29NO3.CH4O3S/c1-27-22-14-19-13-20(24(26)21(19)15-23(22)28-2)12-17-8-10-25(11-9-17)16-18-6-4-3-5-7-18;1-5(2,3)4/h3-7,14-15,17,20H,8-13,16H2,1-2H3;1H3,(H,2,3,4)/p-1. The normalized spacial score (nSPS) is 18.9. The number of benzene rings is 2. The van der Waals surface area contributed by atoms with Crippen LogP contribution in [0.4, 0.5) is 0 Å². The molecule has 0 bridgehead atoms. The van der Waals surface area contributed by atoms with Gasteiger partial charge in [-0.15, -0.1) is 0 Å². The number of ether oxygens (including phenoxy) is 2. The Morgan fingerprint density at radius 1 is 1.03 bits per heavy atom. The van der Waals surface area contributed by atoms with E-state index in [1.165, 1.54) is 18.4 Å². The Morgan fingerprint density at radius 3 is 2.18 bits per heavy atom. The molecule has 180 valence electrons. The van der Waals surface area contributed by atoms with E-state index < -0.39 is 10.1 Å². The van der Waals surface area contributed by atoms with Crippen molar-refractivity contribution in [2.24, 2.45) is 11.8 Å². The minimum atomic E-state index is -3.92. The molecule has 1 atom stereocenters. The summed E-state index contributed by atoms with van der Waals surface area (Å²) in [6, 6.07) is 14.5. The first kappa shape index (κ1) is 25.2. The highest BCUT2D eigenvalue weighted by Gasteiger charge is 2.34. The lowest BCUT2D eigenvalue weighted by Gasteiger charge is -2.32. The Kier molecular flexibility index (Phi) is 8.51. The smallest absolute Gasteiger partial charge is 0.166 e. The highest BCUT2D eigenvalue weighted by atomic mass is 32.2. The minimum Gasteiger partial charge on any atom is -0.748 e. The van der Waals surface area contributed by atoms with Crippen LogP contribution in [0.2, 0.25) is 0 Å². The number of ketones is 1. The van der Waals surface area contributed by atoms with Gasteiger partial charge in [0.05, 0.1) is 24.3 Å². The Morgan fingerprint density at radius 2 is 1.61 bits per heavy atom. The fraction of sp³-hybridized carbons (Fsp3) is 0.480. The zero-order chi connectivity index (χ0) is 24.0. The Bertz CT molecular complexity index is 1040. The van der Waals surface area contributed by atoms with Crippen molar-refractivity contribution in [2.75, 3.05) is 33.6 Å². The molecule has 1 aliphatic carbocycles. The van der Waals surface area contributed by atoms with Crippen molar-refractivity contribution in [1.82, 2.24) is 4.90 Å². The molecule has 2 aromatic carbocycles. The van der Waals surface area contributed by atoms with Crippen LogP contribution in [0.3, 0.4) is 0 Å². The number of carbonyl (C=O) groups excluding carboxylic acids is 1. The zero-order valence-electron chi connectivity index (χ0n) is 19.5. The van der Waals surface area contributed by atoms with Gasteiger partial charge >= 0.3 is 0 Å². The van der Waals surface area contributed by atoms with E-state index in [4.69, 9.17) is 22.4 Å². The number of Topliss-reactive ketones (excluding diaryl/α,β-unsaturated/α-hetero) is 1. The van der Waals surface area contributed by atoms with Crippen LogP contribution in [0.15, 0.2) is 42.5 Å². The van der Waals surface area contributed by atoms with Gasteiger partial charge in [0.25, 0.3) is 0 Å². The van der Waals surface area contributed by atoms with E-state index in [-0.39, 0.29) is 11.7 Å². The molecule has 1 fully saturated rings. The highest BCUT2D eigenvalue weighted by molar-refractivity contribution is 7.84. The predicted molar refractivity (Wildman–Crippen MR) is 126 cm³/mol. The van der Waals surface area contributed by atoms with Gasteiger partial charge in [0.1, 0.15) is 0 Å². The summed E-state index contributed by atoms with van der Waals surface area (Å²) in [7, 11) is -0.661. The second-order valence-electron chi connectivity index (χ2n) is 8.77. The molecule has 0 amide bonds. The second-order valence-corrected chi connectivity index (χ2v) is 10.2. The molecular formula is C25H32NO6S-. The Balaban J connectivity index is 0.000000555. The van der Waals surface area contributed by atoms with Crippen LogP contribution in [0.5, 0.6) is 11.5 Å². The number of hydrogen-bond acceptors (Lipinski definition) is 7. The molecule has 0 radical (unpaired) electrons. The fourth-order valence-electron chi connectivity index (χ4n) is 4.71. The summed E-state index contributed by atoms with van der Waals surface area (Å²) >= 11 is 0. The molecule has 2 aliphatic rings. The molecule has 1 aliphatic heterocycles. The van der Waals surface area contributed by atoms with E-state index in [1.54, 1.807) is 14.2 Å². The molecule has 0 N–H and O–H groups in total. The van der Waals surface area contributed by atoms with Gasteiger partial charge in [-0.05, 0) is 68.0 Å². The third-order valence-corrected chi connectivity index (χ3v) is 6.29. The molecule has 1 heterocycles. The Hall–Kier alpha value is -2.42. The third-order valence-electron chi connectivity index (χ3n) is 6.29. The van der Waals surface area contributed by atoms with E-state index >= 15 is 0 Å². The minimum absolute atomic E-state index is 0.109. The van der Waals surface area contributed by atoms with E-state index in [0.717, 1.165) is 43.6 Å². The summed E-state index contributed by atoms with van der Waals surface area (Å²) in [4.78, 5) is 15.5. The molecule has 0 saturated carbocycles. The van der Waals surface area contributed by atoms with Crippen LogP contribution >= 0.6 is 0 Å². The average Bonchev–Trinajstić information content (AvgIpc) is 3.08. The fourth-order valence-corrected chi connectivity index (χ4v) is 4.71. The number of fused-ring (bicyclic) bond motifs is 1. The molecule has 4 rings (SSSR count). The summed E-state index contributed by atoms with van der Waals surface area (Å²) in [6.07, 6.45) is 4.79. The third kappa shape index (κ3) is 7.28. The molecular weight excluding hydrogens is 442 g/mol. The van der Waals surface area contributed by atoms with Gasteiger partial charge in [-0.3, -0.25) is 9.69 Å². The maximum absolute atomic E-state index is 12.9. The number of rotatable bonds is 6. The Labute approximate surface area is 196 Å². The van der Waals surface area contributed by atoms with E-state index in [0.29, 0.717) is 23.7 Å². The molecule has 0 spiro atoms. The molecule has 7 nitrogen and oxygen atoms in total. The van der Waals surface area contributed by atoms with Crippen molar-refractivity contribution < 1.29 is 27.2 Å². The zero-order valence-corrected chi connectivity index (χ0v) is 20.3. The topological polar surface area (TPSA) is 96.0 Å². The number of piperidine rings is 1. The van der Waals surface area contributed by atoms with Gasteiger partial charge in [0.2, 0.25) is 0 Å². The second kappa shape index (κ2) is 11.1. The lowest BCUT2D eigenvalue weighted by molar-refractivity contribution is 0.0895. The van der Waals surface area contributed by atoms with Crippen molar-refractivity contribution in [2.45, 2.75) is 32.2 Å². The van der Waals surface area contributed by atoms with Gasteiger partial charge in [-0.25, -0.2) is 8.42 Å². The first-order chi connectivity index (χ1) is 15.7. The number of hydrogen-bond donors (Lipinski definition) is 0. The van der Waals surface area contributed by atoms with Crippen molar-refractivity contribution in [3.05, 3.63) is 59.2 Å². The monoisotopic (exact) mass is 474 g/mol. The number of likely N-dealkylation sites (tertiary alicyclic amines) is 1. The lowest BCUT2D eigenvalue weighted by atomic mass is 9.85. The van der Waals surface area contributed by atoms with Gasteiger partial charge < -0.3 is 14.0 Å². The van der Waals surface area contributed by atoms with Crippen molar-refractivity contribution in [1.29, 1.82) is 0 Å². The van der Waals surface area contributed by atoms with Gasteiger partial charge in [0.15, 0.2) is 17.3 Å². The largest absolute Gasteiger partial charge is 0.748 e. The quantitative estimate of drug-likeness (QED) is 0.591. The average molecular weight is 475 g/mol. The number of nitrogens with zero attached hydrogens (tertiary/aromatic N) is 1. The first-order valence-corrected chi connectivity index (χ1v) is 13.0. The molecule has 8 heteroatoms. The molecule has 2 aromatic rings. The van der Waals surface area contributed by atoms with Crippen LogP contribution in [0.1, 0.15) is 40.7 Å². The summed E-state index contributed by atoms with van der Waals surface area (Å²) in [5, 5.41) is 0. The maximum Gasteiger partial charge on any atom is 0.166 e. The molecule has 33 heavy (non-hydrogen) atoms. The predicted octanol–water partition coefficient (Wildman–Crippen LogP) is 3.52. The van der Waals surface area contributed by atoms with Crippen molar-refractivity contribution >= 4 is 15.9 Å². The van der Waals surface area contributed by atoms with Crippen LogP contribution in [-0.2, 0) is 23.1 Å². The number of methoxy groups -OCH3 is 2. The van der Waals surface area contributed by atoms with E-state index in [1.807, 2.05) is 12.1 Å². The molecule has 1 unspecified atom stereocenters. The summed E-state index contributed by atoms with van der Waals surface area (Å²) in [6.45, 7) is 3.27. The van der Waals surface area contributed by atoms with Gasteiger partial charge in [0, 0.05) is 24.3 Å². The van der Waals surface area contributed by atoms with Gasteiger partial charge in [-0.1, -0.05) is 30.3 Å². The van der Waals surface area contributed by atoms with Gasteiger partial charge in [-0.2, -0.15) is 0 Å². The molecule has 0 aromatic heterocycles.